The van der Waals surface area contributed by atoms with Crippen LogP contribution in [0.5, 0.6) is 0 Å². The molecule has 0 N–H and O–H groups in total. The van der Waals surface area contributed by atoms with Gasteiger partial charge in [0.15, 0.2) is 0 Å². The maximum Gasteiger partial charge on any atom is 0.237 e. The van der Waals surface area contributed by atoms with E-state index in [2.05, 4.69) is 0 Å². The molecule has 3 heteroatoms. The first-order valence-corrected chi connectivity index (χ1v) is 5.72. The van der Waals surface area contributed by atoms with Crippen molar-refractivity contribution in [1.82, 2.24) is 4.90 Å². The van der Waals surface area contributed by atoms with Crippen LogP contribution in [0.3, 0.4) is 0 Å². The number of hydrogen-bond acceptors (Lipinski definition) is 1. The van der Waals surface area contributed by atoms with Crippen molar-refractivity contribution in [3.05, 3.63) is 0 Å². The fourth-order valence-electron chi connectivity index (χ4n) is 2.84. The largest absolute Gasteiger partial charge is 0.338 e. The first-order chi connectivity index (χ1) is 6.33. The van der Waals surface area contributed by atoms with Gasteiger partial charge in [0, 0.05) is 12.6 Å². The molecule has 0 bridgehead atoms. The van der Waals surface area contributed by atoms with E-state index in [9.17, 15) is 4.79 Å². The molecular weight excluding hydrogens is 186 g/mol. The van der Waals surface area contributed by atoms with Crippen LogP contribution in [-0.4, -0.2) is 29.3 Å². The Morgan fingerprint density at radius 2 is 2.08 bits per heavy atom. The van der Waals surface area contributed by atoms with Crippen LogP contribution in [-0.2, 0) is 4.79 Å². The summed E-state index contributed by atoms with van der Waals surface area (Å²) in [7, 11) is 0. The minimum absolute atomic E-state index is 0.137. The van der Waals surface area contributed by atoms with E-state index in [0.717, 1.165) is 12.5 Å². The summed E-state index contributed by atoms with van der Waals surface area (Å²) in [5.41, 5.74) is 0. The number of piperidine rings is 1. The topological polar surface area (TPSA) is 20.3 Å². The maximum atomic E-state index is 11.5. The Kier molecular flexibility index (Phi) is 2.77. The predicted molar refractivity (Wildman–Crippen MR) is 52.8 cm³/mol. The molecule has 1 aliphatic carbocycles. The van der Waals surface area contributed by atoms with E-state index in [1.54, 1.807) is 0 Å². The number of rotatable bonds is 1. The smallest absolute Gasteiger partial charge is 0.237 e. The van der Waals surface area contributed by atoms with E-state index in [0.29, 0.717) is 6.04 Å². The average Bonchev–Trinajstić information content (AvgIpc) is 2.63. The quantitative estimate of drug-likeness (QED) is 0.595. The summed E-state index contributed by atoms with van der Waals surface area (Å²) < 4.78 is 0. The average molecular weight is 202 g/mol. The molecule has 0 radical (unpaired) electrons. The first-order valence-electron chi connectivity index (χ1n) is 5.18. The molecule has 1 saturated carbocycles. The zero-order chi connectivity index (χ0) is 9.26. The summed E-state index contributed by atoms with van der Waals surface area (Å²) in [6.07, 6.45) is 6.30. The molecule has 74 valence electrons. The van der Waals surface area contributed by atoms with Crippen molar-refractivity contribution < 1.29 is 4.79 Å². The first kappa shape index (κ1) is 9.32. The second kappa shape index (κ2) is 3.87. The summed E-state index contributed by atoms with van der Waals surface area (Å²) in [6.45, 7) is 0.937. The molecule has 0 spiro atoms. The van der Waals surface area contributed by atoms with Crippen molar-refractivity contribution in [1.29, 1.82) is 0 Å². The van der Waals surface area contributed by atoms with Crippen LogP contribution < -0.4 is 0 Å². The van der Waals surface area contributed by atoms with Gasteiger partial charge in [0.2, 0.25) is 5.91 Å². The second-order valence-corrected chi connectivity index (χ2v) is 4.39. The van der Waals surface area contributed by atoms with Crippen molar-refractivity contribution in [3.8, 4) is 0 Å². The number of halogens is 1. The zero-order valence-corrected chi connectivity index (χ0v) is 8.59. The lowest BCUT2D eigenvalue weighted by molar-refractivity contribution is -0.133. The lowest BCUT2D eigenvalue weighted by Gasteiger charge is -2.37. The molecule has 2 atom stereocenters. The third-order valence-electron chi connectivity index (χ3n) is 3.43. The minimum atomic E-state index is 0.137. The lowest BCUT2D eigenvalue weighted by Crippen LogP contribution is -2.46. The van der Waals surface area contributed by atoms with Crippen molar-refractivity contribution in [2.24, 2.45) is 5.92 Å². The van der Waals surface area contributed by atoms with Crippen LogP contribution in [0.1, 0.15) is 32.1 Å². The molecule has 1 heterocycles. The molecule has 13 heavy (non-hydrogen) atoms. The Hall–Kier alpha value is -0.240. The monoisotopic (exact) mass is 201 g/mol. The van der Waals surface area contributed by atoms with Gasteiger partial charge in [-0.1, -0.05) is 6.42 Å². The highest BCUT2D eigenvalue weighted by molar-refractivity contribution is 6.27. The fraction of sp³-hybridized carbons (Fsp3) is 0.900. The van der Waals surface area contributed by atoms with Gasteiger partial charge in [0.1, 0.15) is 5.88 Å². The predicted octanol–water partition coefficient (Wildman–Crippen LogP) is 2.02. The second-order valence-electron chi connectivity index (χ2n) is 4.12. The summed E-state index contributed by atoms with van der Waals surface area (Å²) >= 11 is 5.58. The van der Waals surface area contributed by atoms with Crippen LogP contribution >= 0.6 is 11.6 Å². The number of hydrogen-bond donors (Lipinski definition) is 0. The highest BCUT2D eigenvalue weighted by Crippen LogP contribution is 2.36. The Bertz CT molecular complexity index is 207. The number of alkyl halides is 1. The van der Waals surface area contributed by atoms with Gasteiger partial charge in [0.05, 0.1) is 0 Å². The van der Waals surface area contributed by atoms with E-state index >= 15 is 0 Å². The molecule has 0 aromatic carbocycles. The molecule has 2 aliphatic rings. The number of carbonyl (C=O) groups is 1. The summed E-state index contributed by atoms with van der Waals surface area (Å²) in [5.74, 6) is 1.07. The highest BCUT2D eigenvalue weighted by Gasteiger charge is 2.36. The molecule has 2 nitrogen and oxygen atoms in total. The number of fused-ring (bicyclic) bond motifs is 1. The van der Waals surface area contributed by atoms with Gasteiger partial charge in [-0.15, -0.1) is 11.6 Å². The third kappa shape index (κ3) is 1.69. The Labute approximate surface area is 84.2 Å². The van der Waals surface area contributed by atoms with E-state index in [-0.39, 0.29) is 11.8 Å². The van der Waals surface area contributed by atoms with Crippen LogP contribution in [0.2, 0.25) is 0 Å². The van der Waals surface area contributed by atoms with Gasteiger partial charge in [-0.3, -0.25) is 4.79 Å². The standard InChI is InChI=1S/C10H16ClNO/c11-7-10(13)12-6-2-4-8-3-1-5-9(8)12/h8-9H,1-7H2/t8-,9-/m0/s1. The summed E-state index contributed by atoms with van der Waals surface area (Å²) in [5, 5.41) is 0. The van der Waals surface area contributed by atoms with Crippen LogP contribution in [0.25, 0.3) is 0 Å². The molecule has 0 aromatic rings. The van der Waals surface area contributed by atoms with Gasteiger partial charge in [0.25, 0.3) is 0 Å². The third-order valence-corrected chi connectivity index (χ3v) is 3.66. The highest BCUT2D eigenvalue weighted by atomic mass is 35.5. The lowest BCUT2D eigenvalue weighted by atomic mass is 9.92. The molecule has 1 saturated heterocycles. The molecule has 0 aromatic heterocycles. The number of likely N-dealkylation sites (tertiary alicyclic amines) is 1. The number of carbonyl (C=O) groups excluding carboxylic acids is 1. The van der Waals surface area contributed by atoms with E-state index in [1.165, 1.54) is 32.1 Å². The minimum Gasteiger partial charge on any atom is -0.338 e. The fourth-order valence-corrected chi connectivity index (χ4v) is 2.99. The van der Waals surface area contributed by atoms with Crippen molar-refractivity contribution >= 4 is 17.5 Å². The summed E-state index contributed by atoms with van der Waals surface area (Å²) in [4.78, 5) is 13.5. The molecule has 2 rings (SSSR count). The Morgan fingerprint density at radius 3 is 2.85 bits per heavy atom. The molecule has 1 aliphatic heterocycles. The molecule has 2 fully saturated rings. The van der Waals surface area contributed by atoms with E-state index in [1.807, 2.05) is 4.90 Å². The zero-order valence-electron chi connectivity index (χ0n) is 7.84. The van der Waals surface area contributed by atoms with Gasteiger partial charge in [-0.25, -0.2) is 0 Å². The van der Waals surface area contributed by atoms with Gasteiger partial charge in [-0.2, -0.15) is 0 Å². The van der Waals surface area contributed by atoms with Crippen molar-refractivity contribution in [3.63, 3.8) is 0 Å². The SMILES string of the molecule is O=C(CCl)N1CCC[C@@H]2CCC[C@@H]21. The molecular formula is C10H16ClNO. The van der Waals surface area contributed by atoms with Crippen LogP contribution in [0.15, 0.2) is 0 Å². The number of nitrogens with zero attached hydrogens (tertiary/aromatic N) is 1. The normalized spacial score (nSPS) is 33.2. The summed E-state index contributed by atoms with van der Waals surface area (Å²) in [6, 6.07) is 0.528. The molecule has 0 unspecified atom stereocenters. The van der Waals surface area contributed by atoms with E-state index in [4.69, 9.17) is 11.6 Å². The Balaban J connectivity index is 2.05. The van der Waals surface area contributed by atoms with Crippen LogP contribution in [0.4, 0.5) is 0 Å². The number of amides is 1. The van der Waals surface area contributed by atoms with Crippen molar-refractivity contribution in [2.75, 3.05) is 12.4 Å². The maximum absolute atomic E-state index is 11.5. The Morgan fingerprint density at radius 1 is 1.31 bits per heavy atom. The van der Waals surface area contributed by atoms with Gasteiger partial charge < -0.3 is 4.90 Å². The van der Waals surface area contributed by atoms with Crippen LogP contribution in [0, 0.1) is 5.92 Å². The van der Waals surface area contributed by atoms with E-state index < -0.39 is 0 Å². The van der Waals surface area contributed by atoms with Gasteiger partial charge >= 0.3 is 0 Å². The van der Waals surface area contributed by atoms with Crippen molar-refractivity contribution in [2.45, 2.75) is 38.1 Å². The molecule has 1 amide bonds. The van der Waals surface area contributed by atoms with Gasteiger partial charge in [-0.05, 0) is 31.6 Å².